The average Bonchev–Trinajstić information content (AvgIpc) is 1.87. The molecule has 1 atom stereocenters. The zero-order valence-corrected chi connectivity index (χ0v) is 8.73. The molecule has 0 radical (unpaired) electrons. The van der Waals surface area contributed by atoms with Gasteiger partial charge in [-0.15, -0.1) is 0 Å². The first kappa shape index (κ1) is 10.8. The Morgan fingerprint density at radius 1 is 1.27 bits per heavy atom. The molecule has 0 fully saturated rings. The van der Waals surface area contributed by atoms with E-state index in [1.165, 1.54) is 0 Å². The van der Waals surface area contributed by atoms with Gasteiger partial charge in [0.2, 0.25) is 0 Å². The Kier molecular flexibility index (Phi) is 4.57. The Labute approximate surface area is 71.7 Å². The van der Waals surface area contributed by atoms with Crippen molar-refractivity contribution in [3.05, 3.63) is 0 Å². The molecule has 0 saturated heterocycles. The lowest BCUT2D eigenvalue weighted by Crippen LogP contribution is -2.08. The lowest BCUT2D eigenvalue weighted by Gasteiger charge is -2.04. The molecule has 2 nitrogen and oxygen atoms in total. The number of rotatable bonds is 3. The Morgan fingerprint density at radius 3 is 2.00 bits per heavy atom. The van der Waals surface area contributed by atoms with Gasteiger partial charge in [-0.25, -0.2) is 4.21 Å². The van der Waals surface area contributed by atoms with Crippen LogP contribution in [0.1, 0.15) is 34.6 Å². The van der Waals surface area contributed by atoms with Crippen LogP contribution in [0.2, 0.25) is 0 Å². The lowest BCUT2D eigenvalue weighted by atomic mass is 10.1. The molecule has 0 amide bonds. The van der Waals surface area contributed by atoms with Gasteiger partial charge in [-0.1, -0.05) is 13.8 Å². The van der Waals surface area contributed by atoms with Crippen LogP contribution < -0.4 is 0 Å². The number of hydrogen-bond donors (Lipinski definition) is 0. The summed E-state index contributed by atoms with van der Waals surface area (Å²) < 4.78 is 15.2. The molecule has 0 aromatic carbocycles. The van der Waals surface area contributed by atoms with Crippen molar-refractivity contribution in [3.8, 4) is 0 Å². The first-order valence-electron chi connectivity index (χ1n) is 3.91. The van der Waals surface area contributed by atoms with Crippen LogP contribution in [0, 0.1) is 5.92 Å². The molecule has 0 bridgehead atoms. The maximum Gasteiger partial charge on any atom is 0.141 e. The van der Waals surface area contributed by atoms with Crippen LogP contribution in [0.25, 0.3) is 0 Å². The minimum Gasteiger partial charge on any atom is -0.235 e. The van der Waals surface area contributed by atoms with Crippen molar-refractivity contribution < 1.29 is 4.21 Å². The largest absolute Gasteiger partial charge is 0.235 e. The smallest absolute Gasteiger partial charge is 0.141 e. The summed E-state index contributed by atoms with van der Waals surface area (Å²) in [4.78, 5) is 0. The van der Waals surface area contributed by atoms with Gasteiger partial charge in [0, 0.05) is 5.71 Å². The van der Waals surface area contributed by atoms with Crippen LogP contribution in [0.4, 0.5) is 0 Å². The van der Waals surface area contributed by atoms with Crippen LogP contribution in [0.15, 0.2) is 4.40 Å². The zero-order chi connectivity index (χ0) is 9.02. The molecule has 0 aromatic rings. The van der Waals surface area contributed by atoms with Crippen molar-refractivity contribution in [2.45, 2.75) is 39.9 Å². The van der Waals surface area contributed by atoms with Crippen molar-refractivity contribution in [2.24, 2.45) is 10.3 Å². The van der Waals surface area contributed by atoms with Crippen molar-refractivity contribution in [3.63, 3.8) is 0 Å². The van der Waals surface area contributed by atoms with E-state index in [9.17, 15) is 4.21 Å². The van der Waals surface area contributed by atoms with Gasteiger partial charge in [-0.2, -0.15) is 4.40 Å². The highest BCUT2D eigenvalue weighted by Gasteiger charge is 2.04. The number of hydrogen-bond acceptors (Lipinski definition) is 1. The molecule has 0 rings (SSSR count). The van der Waals surface area contributed by atoms with Gasteiger partial charge in [0.15, 0.2) is 0 Å². The second-order valence-electron chi connectivity index (χ2n) is 3.21. The molecular weight excluding hydrogens is 158 g/mol. The summed E-state index contributed by atoms with van der Waals surface area (Å²) in [5, 5.41) is 0.128. The highest BCUT2D eigenvalue weighted by Crippen LogP contribution is 2.01. The van der Waals surface area contributed by atoms with Gasteiger partial charge < -0.3 is 0 Å². The first-order valence-corrected chi connectivity index (χ1v) is 5.08. The predicted molar refractivity (Wildman–Crippen MR) is 51.2 cm³/mol. The molecule has 1 unspecified atom stereocenters. The average molecular weight is 175 g/mol. The molecule has 0 N–H and O–H groups in total. The Balaban J connectivity index is 4.20. The molecule has 66 valence electrons. The third kappa shape index (κ3) is 4.30. The second kappa shape index (κ2) is 4.65. The molecule has 11 heavy (non-hydrogen) atoms. The minimum atomic E-state index is -1.03. The molecule has 0 heterocycles. The molecule has 0 spiro atoms. The molecular formula is C8H17NOS. The van der Waals surface area contributed by atoms with Crippen molar-refractivity contribution >= 4 is 16.7 Å². The molecule has 3 heteroatoms. The van der Waals surface area contributed by atoms with Crippen molar-refractivity contribution in [2.75, 3.05) is 0 Å². The SMILES string of the molecule is CC(=NS(=O)C(C)C)C(C)C. The fraction of sp³-hybridized carbons (Fsp3) is 0.875. The van der Waals surface area contributed by atoms with E-state index in [1.807, 2.05) is 20.8 Å². The minimum absolute atomic E-state index is 0.128. The number of nitrogens with zero attached hydrogens (tertiary/aromatic N) is 1. The van der Waals surface area contributed by atoms with Crippen LogP contribution in [-0.4, -0.2) is 15.2 Å². The molecule has 0 saturated carbocycles. The van der Waals surface area contributed by atoms with Crippen molar-refractivity contribution in [1.82, 2.24) is 0 Å². The summed E-state index contributed by atoms with van der Waals surface area (Å²) in [6, 6.07) is 0. The zero-order valence-electron chi connectivity index (χ0n) is 7.92. The lowest BCUT2D eigenvalue weighted by molar-refractivity contribution is 0.677. The Hall–Kier alpha value is -0.180. The standard InChI is InChI=1S/C8H17NOS/c1-6(2)8(5)9-11(10)7(3)4/h6-7H,1-5H3. The summed E-state index contributed by atoms with van der Waals surface area (Å²) >= 11 is 0. The summed E-state index contributed by atoms with van der Waals surface area (Å²) in [6.45, 7) is 9.85. The van der Waals surface area contributed by atoms with E-state index in [1.54, 1.807) is 0 Å². The molecule has 0 aliphatic heterocycles. The highest BCUT2D eigenvalue weighted by atomic mass is 32.2. The third-order valence-electron chi connectivity index (χ3n) is 1.47. The van der Waals surface area contributed by atoms with Crippen LogP contribution in [-0.2, 0) is 11.0 Å². The van der Waals surface area contributed by atoms with Gasteiger partial charge in [-0.05, 0) is 26.7 Å². The Morgan fingerprint density at radius 2 is 1.73 bits per heavy atom. The summed E-state index contributed by atoms with van der Waals surface area (Å²) in [7, 11) is -1.03. The van der Waals surface area contributed by atoms with Gasteiger partial charge in [0.05, 0.1) is 5.25 Å². The first-order chi connectivity index (χ1) is 4.95. The quantitative estimate of drug-likeness (QED) is 0.604. The topological polar surface area (TPSA) is 29.4 Å². The second-order valence-corrected chi connectivity index (χ2v) is 4.89. The highest BCUT2D eigenvalue weighted by molar-refractivity contribution is 7.84. The fourth-order valence-corrected chi connectivity index (χ4v) is 1.06. The van der Waals surface area contributed by atoms with Crippen molar-refractivity contribution in [1.29, 1.82) is 0 Å². The van der Waals surface area contributed by atoms with E-state index >= 15 is 0 Å². The van der Waals surface area contributed by atoms with E-state index < -0.39 is 11.0 Å². The van der Waals surface area contributed by atoms with Crippen LogP contribution in [0.5, 0.6) is 0 Å². The van der Waals surface area contributed by atoms with E-state index in [-0.39, 0.29) is 5.25 Å². The van der Waals surface area contributed by atoms with Gasteiger partial charge in [0.25, 0.3) is 0 Å². The van der Waals surface area contributed by atoms with Gasteiger partial charge >= 0.3 is 0 Å². The van der Waals surface area contributed by atoms with Gasteiger partial charge in [-0.3, -0.25) is 0 Å². The Bertz CT molecular complexity index is 173. The van der Waals surface area contributed by atoms with Crippen LogP contribution >= 0.6 is 0 Å². The fourth-order valence-electron chi connectivity index (χ4n) is 0.353. The summed E-state index contributed by atoms with van der Waals surface area (Å²) in [5.74, 6) is 0.401. The molecule has 0 aromatic heterocycles. The predicted octanol–water partition coefficient (Wildman–Crippen LogP) is 2.18. The maximum atomic E-state index is 11.2. The monoisotopic (exact) mass is 175 g/mol. The van der Waals surface area contributed by atoms with E-state index in [4.69, 9.17) is 0 Å². The van der Waals surface area contributed by atoms with Gasteiger partial charge in [0.1, 0.15) is 11.0 Å². The van der Waals surface area contributed by atoms with Crippen LogP contribution in [0.3, 0.4) is 0 Å². The summed E-state index contributed by atoms with van der Waals surface area (Å²) in [6.07, 6.45) is 0. The molecule has 0 aliphatic carbocycles. The normalized spacial score (nSPS) is 16.1. The maximum absolute atomic E-state index is 11.2. The molecule has 0 aliphatic rings. The van der Waals surface area contributed by atoms with E-state index in [0.717, 1.165) is 5.71 Å². The summed E-state index contributed by atoms with van der Waals surface area (Å²) in [5.41, 5.74) is 0.969. The van der Waals surface area contributed by atoms with E-state index in [2.05, 4.69) is 18.2 Å². The van der Waals surface area contributed by atoms with E-state index in [0.29, 0.717) is 5.92 Å². The third-order valence-corrected chi connectivity index (χ3v) is 2.75.